The fourth-order valence-electron chi connectivity index (χ4n) is 2.60. The van der Waals surface area contributed by atoms with Crippen LogP contribution in [0.4, 0.5) is 5.69 Å². The van der Waals surface area contributed by atoms with Crippen LogP contribution in [-0.2, 0) is 17.6 Å². The Morgan fingerprint density at radius 3 is 2.39 bits per heavy atom. The molecule has 1 aromatic heterocycles. The van der Waals surface area contributed by atoms with Crippen LogP contribution in [0.5, 0.6) is 0 Å². The molecular weight excluding hydrogens is 360 g/mol. The molecule has 0 saturated heterocycles. The molecule has 0 bridgehead atoms. The molecule has 144 valence electrons. The zero-order valence-corrected chi connectivity index (χ0v) is 15.0. The Labute approximate surface area is 161 Å². The van der Waals surface area contributed by atoms with Crippen LogP contribution in [0.2, 0.25) is 0 Å². The number of anilines is 1. The first-order chi connectivity index (χ1) is 13.6. The zero-order valence-electron chi connectivity index (χ0n) is 15.0. The molecule has 0 fully saturated rings. The predicted molar refractivity (Wildman–Crippen MR) is 102 cm³/mol. The fraction of sp³-hybridized carbons (Fsp3) is 0.200. The summed E-state index contributed by atoms with van der Waals surface area (Å²) in [4.78, 5) is 28.3. The normalized spacial score (nSPS) is 11.6. The van der Waals surface area contributed by atoms with Crippen LogP contribution in [0, 0.1) is 0 Å². The number of para-hydroxylation sites is 1. The third-order valence-electron chi connectivity index (χ3n) is 3.92. The van der Waals surface area contributed by atoms with Gasteiger partial charge >= 0.3 is 11.8 Å². The lowest BCUT2D eigenvalue weighted by Gasteiger charge is -2.14. The summed E-state index contributed by atoms with van der Waals surface area (Å²) in [5.41, 5.74) is 1.63. The first-order valence-corrected chi connectivity index (χ1v) is 8.77. The van der Waals surface area contributed by atoms with Gasteiger partial charge in [-0.3, -0.25) is 9.59 Å². The number of nitrogens with zero attached hydrogens (tertiary/aromatic N) is 2. The summed E-state index contributed by atoms with van der Waals surface area (Å²) in [6.07, 6.45) is 0.336. The molecule has 0 aliphatic heterocycles. The molecule has 3 aromatic rings. The topological polar surface area (TPSA) is 117 Å². The first kappa shape index (κ1) is 19.2. The second-order valence-electron chi connectivity index (χ2n) is 6.15. The van der Waals surface area contributed by atoms with Gasteiger partial charge in [-0.25, -0.2) is 0 Å². The molecular formula is C20H20N4O4. The van der Waals surface area contributed by atoms with E-state index in [1.54, 1.807) is 24.3 Å². The summed E-state index contributed by atoms with van der Waals surface area (Å²) in [7, 11) is 0. The molecule has 2 aromatic carbocycles. The molecule has 0 saturated carbocycles. The van der Waals surface area contributed by atoms with E-state index in [1.807, 2.05) is 36.4 Å². The van der Waals surface area contributed by atoms with Crippen molar-refractivity contribution in [2.45, 2.75) is 18.9 Å². The Morgan fingerprint density at radius 2 is 1.71 bits per heavy atom. The zero-order chi connectivity index (χ0) is 19.8. The Balaban J connectivity index is 1.55. The molecule has 8 nitrogen and oxygen atoms in total. The molecule has 3 rings (SSSR count). The quantitative estimate of drug-likeness (QED) is 0.546. The Hall–Kier alpha value is -3.52. The Morgan fingerprint density at radius 1 is 1.04 bits per heavy atom. The van der Waals surface area contributed by atoms with Gasteiger partial charge in [0.15, 0.2) is 5.82 Å². The van der Waals surface area contributed by atoms with Crippen LogP contribution in [0.3, 0.4) is 0 Å². The van der Waals surface area contributed by atoms with E-state index in [-0.39, 0.29) is 30.7 Å². The van der Waals surface area contributed by atoms with E-state index in [2.05, 4.69) is 20.8 Å². The van der Waals surface area contributed by atoms with Gasteiger partial charge in [0.25, 0.3) is 0 Å². The van der Waals surface area contributed by atoms with Gasteiger partial charge in [-0.2, -0.15) is 4.98 Å². The molecule has 1 heterocycles. The van der Waals surface area contributed by atoms with E-state index in [4.69, 9.17) is 4.52 Å². The van der Waals surface area contributed by atoms with Gasteiger partial charge in [0.05, 0.1) is 19.1 Å². The fourth-order valence-corrected chi connectivity index (χ4v) is 2.60. The summed E-state index contributed by atoms with van der Waals surface area (Å²) in [5, 5.41) is 18.5. The highest BCUT2D eigenvalue weighted by atomic mass is 16.5. The number of benzene rings is 2. The smallest absolute Gasteiger partial charge is 0.315 e. The third-order valence-corrected chi connectivity index (χ3v) is 3.92. The van der Waals surface area contributed by atoms with E-state index >= 15 is 0 Å². The Bertz CT molecular complexity index is 912. The van der Waals surface area contributed by atoms with E-state index in [9.17, 15) is 14.7 Å². The number of aliphatic hydroxyl groups is 1. The minimum atomic E-state index is -0.600. The lowest BCUT2D eigenvalue weighted by atomic mass is 10.1. The molecule has 1 atom stereocenters. The highest BCUT2D eigenvalue weighted by molar-refractivity contribution is 5.92. The molecule has 0 spiro atoms. The van der Waals surface area contributed by atoms with E-state index in [1.165, 1.54) is 0 Å². The van der Waals surface area contributed by atoms with Crippen LogP contribution < -0.4 is 10.6 Å². The number of nitrogens with one attached hydrogen (secondary N) is 2. The van der Waals surface area contributed by atoms with Crippen LogP contribution in [0.25, 0.3) is 0 Å². The van der Waals surface area contributed by atoms with Gasteiger partial charge in [0.1, 0.15) is 0 Å². The lowest BCUT2D eigenvalue weighted by Crippen LogP contribution is -2.39. The maximum Gasteiger partial charge on any atom is 0.315 e. The first-order valence-electron chi connectivity index (χ1n) is 8.77. The summed E-state index contributed by atoms with van der Waals surface area (Å²) in [5.74, 6) is -1.08. The monoisotopic (exact) mass is 380 g/mol. The van der Waals surface area contributed by atoms with Crippen molar-refractivity contribution in [1.29, 1.82) is 0 Å². The molecule has 0 aliphatic rings. The van der Waals surface area contributed by atoms with Crippen molar-refractivity contribution in [2.24, 2.45) is 0 Å². The molecule has 8 heteroatoms. The van der Waals surface area contributed by atoms with Gasteiger partial charge in [-0.1, -0.05) is 53.7 Å². The predicted octanol–water partition coefficient (Wildman–Crippen LogP) is 1.58. The van der Waals surface area contributed by atoms with Gasteiger partial charge < -0.3 is 20.3 Å². The third kappa shape index (κ3) is 5.49. The average Bonchev–Trinajstić information content (AvgIpc) is 3.17. The summed E-state index contributed by atoms with van der Waals surface area (Å²) < 4.78 is 4.94. The van der Waals surface area contributed by atoms with Crippen molar-refractivity contribution in [2.75, 3.05) is 11.9 Å². The number of rotatable bonds is 8. The minimum Gasteiger partial charge on any atom is -0.394 e. The Kier molecular flexibility index (Phi) is 6.48. The molecule has 0 aliphatic carbocycles. The molecule has 2 amide bonds. The van der Waals surface area contributed by atoms with Crippen molar-refractivity contribution >= 4 is 17.5 Å². The van der Waals surface area contributed by atoms with E-state index in [0.29, 0.717) is 12.1 Å². The van der Waals surface area contributed by atoms with E-state index < -0.39 is 11.9 Å². The van der Waals surface area contributed by atoms with Crippen LogP contribution in [0.1, 0.15) is 22.1 Å². The lowest BCUT2D eigenvalue weighted by molar-refractivity contribution is -0.115. The van der Waals surface area contributed by atoms with Crippen molar-refractivity contribution in [3.63, 3.8) is 0 Å². The summed E-state index contributed by atoms with van der Waals surface area (Å²) in [6.45, 7) is -0.235. The van der Waals surface area contributed by atoms with Crippen LogP contribution in [0.15, 0.2) is 65.2 Å². The number of aromatic nitrogens is 2. The molecule has 28 heavy (non-hydrogen) atoms. The number of amides is 2. The van der Waals surface area contributed by atoms with Crippen molar-refractivity contribution in [3.05, 3.63) is 77.9 Å². The number of hydrogen-bond donors (Lipinski definition) is 3. The minimum absolute atomic E-state index is 0.0992. The number of carbonyl (C=O) groups excluding carboxylic acids is 2. The maximum absolute atomic E-state index is 12.3. The maximum atomic E-state index is 12.3. The highest BCUT2D eigenvalue weighted by Gasteiger charge is 2.20. The van der Waals surface area contributed by atoms with Crippen molar-refractivity contribution in [3.8, 4) is 0 Å². The van der Waals surface area contributed by atoms with Crippen LogP contribution in [-0.4, -0.2) is 39.7 Å². The molecule has 3 N–H and O–H groups in total. The van der Waals surface area contributed by atoms with Crippen LogP contribution >= 0.6 is 0 Å². The summed E-state index contributed by atoms with van der Waals surface area (Å²) in [6, 6.07) is 18.0. The molecule has 0 unspecified atom stereocenters. The van der Waals surface area contributed by atoms with Gasteiger partial charge in [0, 0.05) is 5.69 Å². The van der Waals surface area contributed by atoms with Gasteiger partial charge in [-0.15, -0.1) is 0 Å². The van der Waals surface area contributed by atoms with Gasteiger partial charge in [0.2, 0.25) is 5.91 Å². The average molecular weight is 380 g/mol. The number of hydrogen-bond acceptors (Lipinski definition) is 6. The van der Waals surface area contributed by atoms with Crippen molar-refractivity contribution < 1.29 is 19.2 Å². The number of aliphatic hydroxyl groups excluding tert-OH is 1. The standard InChI is InChI=1S/C20H20N4O4/c25-13-16(11-14-7-3-1-4-8-14)22-19(27)20-23-17(24-28-20)12-18(26)21-15-9-5-2-6-10-15/h1-10,16,25H,11-13H2,(H,21,26)(H,22,27)/t16-/m0/s1. The second kappa shape index (κ2) is 9.43. The highest BCUT2D eigenvalue weighted by Crippen LogP contribution is 2.07. The van der Waals surface area contributed by atoms with Crippen molar-refractivity contribution in [1.82, 2.24) is 15.5 Å². The summed E-state index contributed by atoms with van der Waals surface area (Å²) >= 11 is 0. The molecule has 0 radical (unpaired) electrons. The van der Waals surface area contributed by atoms with E-state index in [0.717, 1.165) is 5.56 Å². The SMILES string of the molecule is O=C(Cc1noc(C(=O)N[C@H](CO)Cc2ccccc2)n1)Nc1ccccc1. The second-order valence-corrected chi connectivity index (χ2v) is 6.15. The van der Waals surface area contributed by atoms with Gasteiger partial charge in [-0.05, 0) is 24.1 Å². The number of carbonyl (C=O) groups is 2. The largest absolute Gasteiger partial charge is 0.394 e.